The van der Waals surface area contributed by atoms with E-state index < -0.39 is 10.0 Å². The number of nitrogens with one attached hydrogen (secondary N) is 2. The number of anilines is 1. The maximum absolute atomic E-state index is 13.1. The first kappa shape index (κ1) is 23.5. The van der Waals surface area contributed by atoms with Crippen molar-refractivity contribution in [3.8, 4) is 11.4 Å². The van der Waals surface area contributed by atoms with E-state index in [9.17, 15) is 13.2 Å². The predicted octanol–water partition coefficient (Wildman–Crippen LogP) is 4.72. The molecule has 1 heterocycles. The number of hydrogen-bond donors (Lipinski definition) is 2. The molecule has 4 rings (SSSR count). The van der Waals surface area contributed by atoms with Crippen LogP contribution < -0.4 is 10.0 Å². The Morgan fingerprint density at radius 3 is 2.24 bits per heavy atom. The number of carbonyl (C=O) groups excluding carboxylic acids is 1. The summed E-state index contributed by atoms with van der Waals surface area (Å²) in [5, 5.41) is 2.78. The van der Waals surface area contributed by atoms with Crippen LogP contribution in [-0.2, 0) is 17.1 Å². The number of nitrogens with zero attached hydrogens (tertiary/aromatic N) is 2. The van der Waals surface area contributed by atoms with Crippen molar-refractivity contribution in [3.05, 3.63) is 76.9 Å². The SMILES string of the molecule is CCNC(=O)c1ccc(-c2nc3cc(NS(=O)(=O)c4c(C)cc(C)cc4C)ccc3n2C)cc1. The minimum Gasteiger partial charge on any atom is -0.352 e. The van der Waals surface area contributed by atoms with Gasteiger partial charge in [0.1, 0.15) is 5.82 Å². The molecule has 0 aliphatic carbocycles. The maximum atomic E-state index is 13.1. The normalized spacial score (nSPS) is 11.6. The van der Waals surface area contributed by atoms with Crippen molar-refractivity contribution in [1.82, 2.24) is 14.9 Å². The van der Waals surface area contributed by atoms with Gasteiger partial charge in [0.25, 0.3) is 15.9 Å². The molecule has 4 aromatic rings. The highest BCUT2D eigenvalue weighted by Gasteiger charge is 2.21. The number of sulfonamides is 1. The van der Waals surface area contributed by atoms with Crippen LogP contribution in [0.15, 0.2) is 59.5 Å². The molecule has 1 aromatic heterocycles. The largest absolute Gasteiger partial charge is 0.352 e. The number of hydrogen-bond acceptors (Lipinski definition) is 4. The monoisotopic (exact) mass is 476 g/mol. The summed E-state index contributed by atoms with van der Waals surface area (Å²) in [6.45, 7) is 8.01. The molecule has 34 heavy (non-hydrogen) atoms. The second-order valence-corrected chi connectivity index (χ2v) is 10.1. The summed E-state index contributed by atoms with van der Waals surface area (Å²) in [6.07, 6.45) is 0. The van der Waals surface area contributed by atoms with Crippen molar-refractivity contribution < 1.29 is 13.2 Å². The number of aryl methyl sites for hydroxylation is 4. The van der Waals surface area contributed by atoms with Crippen LogP contribution >= 0.6 is 0 Å². The summed E-state index contributed by atoms with van der Waals surface area (Å²) in [5.74, 6) is 0.609. The van der Waals surface area contributed by atoms with Gasteiger partial charge in [-0.3, -0.25) is 9.52 Å². The van der Waals surface area contributed by atoms with Crippen molar-refractivity contribution >= 4 is 32.7 Å². The van der Waals surface area contributed by atoms with Crippen molar-refractivity contribution in [2.45, 2.75) is 32.6 Å². The summed E-state index contributed by atoms with van der Waals surface area (Å²) in [4.78, 5) is 17.1. The number of carbonyl (C=O) groups is 1. The van der Waals surface area contributed by atoms with Gasteiger partial charge >= 0.3 is 0 Å². The van der Waals surface area contributed by atoms with Gasteiger partial charge in [-0.1, -0.05) is 29.8 Å². The smallest absolute Gasteiger partial charge is 0.262 e. The highest BCUT2D eigenvalue weighted by Crippen LogP contribution is 2.28. The molecule has 0 atom stereocenters. The van der Waals surface area contributed by atoms with Crippen LogP contribution in [0.5, 0.6) is 0 Å². The summed E-state index contributed by atoms with van der Waals surface area (Å²) in [5.41, 5.74) is 5.88. The van der Waals surface area contributed by atoms with Gasteiger partial charge in [-0.15, -0.1) is 0 Å². The molecule has 0 saturated heterocycles. The zero-order valence-corrected chi connectivity index (χ0v) is 20.7. The molecule has 0 fully saturated rings. The van der Waals surface area contributed by atoms with Gasteiger partial charge in [0.15, 0.2) is 0 Å². The molecule has 0 saturated carbocycles. The first-order valence-corrected chi connectivity index (χ1v) is 12.5. The fourth-order valence-corrected chi connectivity index (χ4v) is 5.86. The Morgan fingerprint density at radius 2 is 1.62 bits per heavy atom. The van der Waals surface area contributed by atoms with E-state index in [1.54, 1.807) is 38.1 Å². The lowest BCUT2D eigenvalue weighted by Gasteiger charge is -2.14. The van der Waals surface area contributed by atoms with Crippen LogP contribution in [0.3, 0.4) is 0 Å². The Kier molecular flexibility index (Phi) is 6.18. The quantitative estimate of drug-likeness (QED) is 0.421. The molecule has 176 valence electrons. The van der Waals surface area contributed by atoms with E-state index in [0.717, 1.165) is 22.5 Å². The lowest BCUT2D eigenvalue weighted by molar-refractivity contribution is 0.0956. The Morgan fingerprint density at radius 1 is 0.971 bits per heavy atom. The number of fused-ring (bicyclic) bond motifs is 1. The Labute approximate surface area is 199 Å². The van der Waals surface area contributed by atoms with E-state index in [-0.39, 0.29) is 5.91 Å². The van der Waals surface area contributed by atoms with Crippen molar-refractivity contribution in [3.63, 3.8) is 0 Å². The number of rotatable bonds is 6. The molecule has 2 N–H and O–H groups in total. The third-order valence-electron chi connectivity index (χ3n) is 5.75. The minimum atomic E-state index is -3.76. The Balaban J connectivity index is 1.67. The molecule has 0 aliphatic rings. The average molecular weight is 477 g/mol. The molecule has 0 unspecified atom stereocenters. The van der Waals surface area contributed by atoms with Gasteiger partial charge in [0.05, 0.1) is 21.6 Å². The van der Waals surface area contributed by atoms with E-state index in [4.69, 9.17) is 4.98 Å². The number of amides is 1. The van der Waals surface area contributed by atoms with Crippen molar-refractivity contribution in [2.24, 2.45) is 7.05 Å². The van der Waals surface area contributed by atoms with Crippen LogP contribution in [-0.4, -0.2) is 30.4 Å². The predicted molar refractivity (Wildman–Crippen MR) is 136 cm³/mol. The van der Waals surface area contributed by atoms with E-state index in [1.165, 1.54) is 0 Å². The number of imidazole rings is 1. The number of aromatic nitrogens is 2. The standard InChI is InChI=1S/C26H28N4O3S/c1-6-27-26(31)20-9-7-19(8-10-20)25-28-22-15-21(11-12-23(22)30(25)5)29-34(32,33)24-17(3)13-16(2)14-18(24)4/h7-15,29H,6H2,1-5H3,(H,27,31). The highest BCUT2D eigenvalue weighted by molar-refractivity contribution is 7.92. The van der Waals surface area contributed by atoms with Crippen molar-refractivity contribution in [2.75, 3.05) is 11.3 Å². The molecule has 8 heteroatoms. The third-order valence-corrected chi connectivity index (χ3v) is 7.43. The van der Waals surface area contributed by atoms with Crippen LogP contribution in [0.1, 0.15) is 34.0 Å². The third kappa shape index (κ3) is 4.41. The summed E-state index contributed by atoms with van der Waals surface area (Å²) in [7, 11) is -1.85. The average Bonchev–Trinajstić information content (AvgIpc) is 3.08. The number of benzene rings is 3. The van der Waals surface area contributed by atoms with E-state index >= 15 is 0 Å². The second kappa shape index (κ2) is 8.95. The zero-order valence-electron chi connectivity index (χ0n) is 19.9. The molecular weight excluding hydrogens is 448 g/mol. The molecule has 0 bridgehead atoms. The fourth-order valence-electron chi connectivity index (χ4n) is 4.35. The summed E-state index contributed by atoms with van der Waals surface area (Å²) < 4.78 is 31.0. The lowest BCUT2D eigenvalue weighted by Crippen LogP contribution is -2.22. The topological polar surface area (TPSA) is 93.1 Å². The van der Waals surface area contributed by atoms with E-state index in [0.29, 0.717) is 39.3 Å². The Hall–Kier alpha value is -3.65. The zero-order chi connectivity index (χ0) is 24.6. The first-order chi connectivity index (χ1) is 16.1. The maximum Gasteiger partial charge on any atom is 0.262 e. The molecule has 3 aromatic carbocycles. The van der Waals surface area contributed by atoms with Crippen LogP contribution in [0.4, 0.5) is 5.69 Å². The molecule has 0 spiro atoms. The van der Waals surface area contributed by atoms with E-state index in [2.05, 4.69) is 10.0 Å². The van der Waals surface area contributed by atoms with Gasteiger partial charge in [0, 0.05) is 24.7 Å². The first-order valence-electron chi connectivity index (χ1n) is 11.1. The Bertz CT molecular complexity index is 1480. The van der Waals surface area contributed by atoms with Gasteiger partial charge in [-0.2, -0.15) is 0 Å². The van der Waals surface area contributed by atoms with Crippen LogP contribution in [0.25, 0.3) is 22.4 Å². The van der Waals surface area contributed by atoms with Gasteiger partial charge in [-0.25, -0.2) is 13.4 Å². The summed E-state index contributed by atoms with van der Waals surface area (Å²) in [6, 6.07) is 16.3. The van der Waals surface area contributed by atoms with E-state index in [1.807, 2.05) is 55.8 Å². The summed E-state index contributed by atoms with van der Waals surface area (Å²) >= 11 is 0. The lowest BCUT2D eigenvalue weighted by atomic mass is 10.1. The molecule has 7 nitrogen and oxygen atoms in total. The molecule has 0 radical (unpaired) electrons. The van der Waals surface area contributed by atoms with Crippen LogP contribution in [0.2, 0.25) is 0 Å². The van der Waals surface area contributed by atoms with Gasteiger partial charge < -0.3 is 9.88 Å². The van der Waals surface area contributed by atoms with Crippen molar-refractivity contribution in [1.29, 1.82) is 0 Å². The minimum absolute atomic E-state index is 0.116. The molecule has 1 amide bonds. The van der Waals surface area contributed by atoms with Gasteiger partial charge in [0.2, 0.25) is 0 Å². The molecule has 0 aliphatic heterocycles. The second-order valence-electron chi connectivity index (χ2n) is 8.47. The van der Waals surface area contributed by atoms with Crippen LogP contribution in [0, 0.1) is 20.8 Å². The highest BCUT2D eigenvalue weighted by atomic mass is 32.2. The molecular formula is C26H28N4O3S. The van der Waals surface area contributed by atoms with Gasteiger partial charge in [-0.05, 0) is 69.2 Å². The fraction of sp³-hybridized carbons (Fsp3) is 0.231.